The molecule has 2 aromatic rings. The Kier molecular flexibility index (Phi) is 5.81. The number of hydrogen-bond donors (Lipinski definition) is 0. The maximum absolute atomic E-state index is 12.3. The van der Waals surface area contributed by atoms with Crippen LogP contribution in [0.5, 0.6) is 11.5 Å². The van der Waals surface area contributed by atoms with Crippen LogP contribution in [-0.4, -0.2) is 27.6 Å². The Morgan fingerprint density at radius 1 is 1.00 bits per heavy atom. The summed E-state index contributed by atoms with van der Waals surface area (Å²) in [4.78, 5) is 11.4. The van der Waals surface area contributed by atoms with E-state index in [0.29, 0.717) is 0 Å². The first-order valence-corrected chi connectivity index (χ1v) is 8.72. The maximum atomic E-state index is 12.3. The number of benzene rings is 2. The van der Waals surface area contributed by atoms with Gasteiger partial charge in [0.1, 0.15) is 4.90 Å². The molecule has 0 aliphatic rings. The molecule has 6 nitrogen and oxygen atoms in total. The van der Waals surface area contributed by atoms with Crippen molar-refractivity contribution in [1.82, 2.24) is 0 Å². The summed E-state index contributed by atoms with van der Waals surface area (Å²) in [6, 6.07) is 12.5. The highest BCUT2D eigenvalue weighted by Crippen LogP contribution is 2.29. The molecule has 0 aliphatic carbocycles. The molecule has 0 bridgehead atoms. The number of para-hydroxylation sites is 2. The molecule has 0 saturated carbocycles. The van der Waals surface area contributed by atoms with Crippen molar-refractivity contribution in [1.29, 1.82) is 0 Å². The lowest BCUT2D eigenvalue weighted by atomic mass is 10.2. The van der Waals surface area contributed by atoms with Gasteiger partial charge >= 0.3 is 16.1 Å². The lowest BCUT2D eigenvalue weighted by Crippen LogP contribution is -2.16. The quantitative estimate of drug-likeness (QED) is 0.564. The van der Waals surface area contributed by atoms with E-state index in [4.69, 9.17) is 13.7 Å². The second-order valence-electron chi connectivity index (χ2n) is 4.89. The molecule has 2 aromatic carbocycles. The largest absolute Gasteiger partial charge is 0.478 e. The highest BCUT2D eigenvalue weighted by molar-refractivity contribution is 7.87. The normalized spacial score (nSPS) is 10.9. The smallest absolute Gasteiger partial charge is 0.344 e. The number of hydrogen-bond acceptors (Lipinski definition) is 6. The van der Waals surface area contributed by atoms with E-state index in [1.807, 2.05) is 6.92 Å². The van der Waals surface area contributed by atoms with Gasteiger partial charge in [0, 0.05) is 0 Å². The summed E-state index contributed by atoms with van der Waals surface area (Å²) in [7, 11) is -4.00. The molecular formula is C17H18O6S. The van der Waals surface area contributed by atoms with Crippen molar-refractivity contribution in [3.63, 3.8) is 0 Å². The Morgan fingerprint density at radius 2 is 1.62 bits per heavy atom. The third-order valence-electron chi connectivity index (χ3n) is 3.01. The molecule has 0 heterocycles. The summed E-state index contributed by atoms with van der Waals surface area (Å²) in [6.45, 7) is 3.44. The Hall–Kier alpha value is -2.54. The molecule has 128 valence electrons. The van der Waals surface area contributed by atoms with Gasteiger partial charge in [0.15, 0.2) is 18.1 Å². The van der Waals surface area contributed by atoms with Crippen LogP contribution in [0.4, 0.5) is 0 Å². The van der Waals surface area contributed by atoms with Crippen molar-refractivity contribution in [2.45, 2.75) is 18.7 Å². The van der Waals surface area contributed by atoms with Gasteiger partial charge in [-0.3, -0.25) is 0 Å². The maximum Gasteiger partial charge on any atom is 0.344 e. The van der Waals surface area contributed by atoms with Crippen LogP contribution >= 0.6 is 0 Å². The van der Waals surface area contributed by atoms with Gasteiger partial charge in [0.25, 0.3) is 0 Å². The van der Waals surface area contributed by atoms with Crippen LogP contribution in [0.25, 0.3) is 0 Å². The molecule has 0 aliphatic heterocycles. The topological polar surface area (TPSA) is 78.9 Å². The number of aryl methyl sites for hydroxylation is 1. The van der Waals surface area contributed by atoms with Crippen molar-refractivity contribution in [2.75, 3.05) is 13.2 Å². The minimum absolute atomic E-state index is 0.00220. The van der Waals surface area contributed by atoms with Gasteiger partial charge in [-0.25, -0.2) is 4.79 Å². The average Bonchev–Trinajstić information content (AvgIpc) is 2.54. The van der Waals surface area contributed by atoms with Gasteiger partial charge in [0.05, 0.1) is 6.61 Å². The van der Waals surface area contributed by atoms with Crippen molar-refractivity contribution < 1.29 is 26.9 Å². The van der Waals surface area contributed by atoms with Crippen LogP contribution in [0, 0.1) is 6.92 Å². The highest BCUT2D eigenvalue weighted by atomic mass is 32.2. The number of ether oxygens (including phenoxy) is 2. The fourth-order valence-electron chi connectivity index (χ4n) is 1.85. The fraction of sp³-hybridized carbons (Fsp3) is 0.235. The molecule has 0 radical (unpaired) electrons. The van der Waals surface area contributed by atoms with Gasteiger partial charge < -0.3 is 13.7 Å². The molecule has 24 heavy (non-hydrogen) atoms. The minimum atomic E-state index is -4.00. The van der Waals surface area contributed by atoms with Crippen LogP contribution in [0.2, 0.25) is 0 Å². The van der Waals surface area contributed by atoms with Crippen LogP contribution in [0.15, 0.2) is 53.4 Å². The van der Waals surface area contributed by atoms with E-state index < -0.39 is 16.1 Å². The van der Waals surface area contributed by atoms with Gasteiger partial charge in [-0.05, 0) is 38.1 Å². The molecule has 0 N–H and O–H groups in total. The predicted molar refractivity (Wildman–Crippen MR) is 87.6 cm³/mol. The van der Waals surface area contributed by atoms with E-state index in [2.05, 4.69) is 0 Å². The van der Waals surface area contributed by atoms with E-state index in [1.165, 1.54) is 24.3 Å². The third-order valence-corrected chi connectivity index (χ3v) is 4.26. The van der Waals surface area contributed by atoms with Crippen molar-refractivity contribution in [3.8, 4) is 11.5 Å². The van der Waals surface area contributed by atoms with E-state index in [0.717, 1.165) is 5.56 Å². The summed E-state index contributed by atoms with van der Waals surface area (Å²) in [6.07, 6.45) is 0. The third kappa shape index (κ3) is 4.73. The first kappa shape index (κ1) is 17.8. The zero-order valence-electron chi connectivity index (χ0n) is 13.4. The fourth-order valence-corrected chi connectivity index (χ4v) is 2.79. The summed E-state index contributed by atoms with van der Waals surface area (Å²) in [5.74, 6) is -0.405. The predicted octanol–water partition coefficient (Wildman–Crippen LogP) is 2.70. The lowest BCUT2D eigenvalue weighted by Gasteiger charge is -2.12. The van der Waals surface area contributed by atoms with Crippen LogP contribution in [0.3, 0.4) is 0 Å². The molecule has 0 aromatic heterocycles. The van der Waals surface area contributed by atoms with Crippen LogP contribution in [0.1, 0.15) is 12.5 Å². The first-order chi connectivity index (χ1) is 11.4. The van der Waals surface area contributed by atoms with E-state index in [-0.39, 0.29) is 29.6 Å². The standard InChI is InChI=1S/C17H18O6S/c1-3-21-17(18)12-22-15-6-4-5-7-16(15)23-24(19,20)14-10-8-13(2)9-11-14/h4-11H,3,12H2,1-2H3. The Bertz CT molecular complexity index is 796. The number of rotatable bonds is 7. The molecular weight excluding hydrogens is 332 g/mol. The molecule has 0 amide bonds. The second-order valence-corrected chi connectivity index (χ2v) is 6.44. The van der Waals surface area contributed by atoms with Crippen LogP contribution < -0.4 is 8.92 Å². The molecule has 0 unspecified atom stereocenters. The first-order valence-electron chi connectivity index (χ1n) is 7.31. The minimum Gasteiger partial charge on any atom is -0.478 e. The summed E-state index contributed by atoms with van der Waals surface area (Å²) in [5, 5.41) is 0. The van der Waals surface area contributed by atoms with E-state index in [1.54, 1.807) is 31.2 Å². The zero-order valence-corrected chi connectivity index (χ0v) is 14.2. The number of esters is 1. The Morgan fingerprint density at radius 3 is 2.25 bits per heavy atom. The molecule has 0 fully saturated rings. The van der Waals surface area contributed by atoms with Crippen LogP contribution in [-0.2, 0) is 19.6 Å². The Balaban J connectivity index is 2.17. The Labute approximate surface area is 141 Å². The average molecular weight is 350 g/mol. The molecule has 2 rings (SSSR count). The molecule has 7 heteroatoms. The summed E-state index contributed by atoms with van der Waals surface area (Å²) < 4.78 is 39.9. The van der Waals surface area contributed by atoms with Gasteiger partial charge in [-0.1, -0.05) is 29.8 Å². The monoisotopic (exact) mass is 350 g/mol. The molecule has 0 atom stereocenters. The lowest BCUT2D eigenvalue weighted by molar-refractivity contribution is -0.145. The van der Waals surface area contributed by atoms with Crippen molar-refractivity contribution in [3.05, 3.63) is 54.1 Å². The number of carbonyl (C=O) groups excluding carboxylic acids is 1. The number of carbonyl (C=O) groups is 1. The summed E-state index contributed by atoms with van der Waals surface area (Å²) in [5.41, 5.74) is 0.937. The van der Waals surface area contributed by atoms with E-state index in [9.17, 15) is 13.2 Å². The van der Waals surface area contributed by atoms with E-state index >= 15 is 0 Å². The van der Waals surface area contributed by atoms with Crippen molar-refractivity contribution >= 4 is 16.1 Å². The molecule has 0 saturated heterocycles. The van der Waals surface area contributed by atoms with Gasteiger partial charge in [-0.15, -0.1) is 0 Å². The summed E-state index contributed by atoms with van der Waals surface area (Å²) >= 11 is 0. The van der Waals surface area contributed by atoms with Crippen molar-refractivity contribution in [2.24, 2.45) is 0 Å². The van der Waals surface area contributed by atoms with Gasteiger partial charge in [0.2, 0.25) is 0 Å². The van der Waals surface area contributed by atoms with Gasteiger partial charge in [-0.2, -0.15) is 8.42 Å². The SMILES string of the molecule is CCOC(=O)COc1ccccc1OS(=O)(=O)c1ccc(C)cc1. The second kappa shape index (κ2) is 7.83. The molecule has 0 spiro atoms. The highest BCUT2D eigenvalue weighted by Gasteiger charge is 2.19. The zero-order chi connectivity index (χ0) is 17.6.